The molecule has 1 aromatic heterocycles. The minimum atomic E-state index is -0.359. The number of aromatic nitrogens is 2. The van der Waals surface area contributed by atoms with Crippen LogP contribution in [0.4, 0.5) is 10.2 Å². The van der Waals surface area contributed by atoms with Crippen molar-refractivity contribution in [1.29, 1.82) is 0 Å². The van der Waals surface area contributed by atoms with Crippen LogP contribution in [0.2, 0.25) is 5.02 Å². The Hall–Kier alpha value is -1.68. The average molecular weight is 238 g/mol. The summed E-state index contributed by atoms with van der Waals surface area (Å²) in [7, 11) is 0. The number of benzene rings is 1. The van der Waals surface area contributed by atoms with Crippen molar-refractivity contribution in [3.63, 3.8) is 0 Å². The molecule has 0 spiro atoms. The van der Waals surface area contributed by atoms with Crippen molar-refractivity contribution in [2.75, 3.05) is 5.73 Å². The molecule has 82 valence electrons. The van der Waals surface area contributed by atoms with E-state index >= 15 is 0 Å². The fourth-order valence-corrected chi connectivity index (χ4v) is 1.57. The predicted octanol–water partition coefficient (Wildman–Crippen LogP) is 2.44. The molecule has 0 saturated heterocycles. The van der Waals surface area contributed by atoms with Gasteiger partial charge in [0.05, 0.1) is 0 Å². The van der Waals surface area contributed by atoms with E-state index in [1.807, 2.05) is 0 Å². The Morgan fingerprint density at radius 1 is 1.31 bits per heavy atom. The number of nitrogens with two attached hydrogens (primary N) is 1. The summed E-state index contributed by atoms with van der Waals surface area (Å²) in [5.41, 5.74) is 6.30. The van der Waals surface area contributed by atoms with E-state index in [9.17, 15) is 4.39 Å². The van der Waals surface area contributed by atoms with Crippen LogP contribution in [0.15, 0.2) is 30.5 Å². The number of nitrogen functional groups attached to an aromatic ring is 1. The third kappa shape index (κ3) is 2.46. The summed E-state index contributed by atoms with van der Waals surface area (Å²) in [5.74, 6) is 0.610. The molecule has 0 atom stereocenters. The zero-order chi connectivity index (χ0) is 11.5. The van der Waals surface area contributed by atoms with Crippen LogP contribution in [-0.2, 0) is 6.42 Å². The molecule has 0 saturated carbocycles. The molecular weight excluding hydrogens is 229 g/mol. The maximum absolute atomic E-state index is 12.8. The summed E-state index contributed by atoms with van der Waals surface area (Å²) < 4.78 is 12.8. The molecule has 0 amide bonds. The van der Waals surface area contributed by atoms with Gasteiger partial charge in [-0.3, -0.25) is 0 Å². The number of hydrogen-bond donors (Lipinski definition) is 1. The first-order valence-electron chi connectivity index (χ1n) is 4.66. The summed E-state index contributed by atoms with van der Waals surface area (Å²) in [4.78, 5) is 8.10. The van der Waals surface area contributed by atoms with E-state index in [2.05, 4.69) is 9.97 Å². The highest BCUT2D eigenvalue weighted by molar-refractivity contribution is 6.31. The highest BCUT2D eigenvalue weighted by Crippen LogP contribution is 2.19. The van der Waals surface area contributed by atoms with Crippen molar-refractivity contribution in [1.82, 2.24) is 9.97 Å². The van der Waals surface area contributed by atoms with Crippen LogP contribution in [0.3, 0.4) is 0 Å². The fourth-order valence-electron chi connectivity index (χ4n) is 1.34. The maximum atomic E-state index is 12.8. The van der Waals surface area contributed by atoms with E-state index in [0.717, 1.165) is 5.56 Å². The van der Waals surface area contributed by atoms with E-state index in [4.69, 9.17) is 17.3 Å². The molecule has 16 heavy (non-hydrogen) atoms. The van der Waals surface area contributed by atoms with Gasteiger partial charge in [0.1, 0.15) is 17.5 Å². The molecule has 0 aliphatic heterocycles. The first kappa shape index (κ1) is 10.8. The topological polar surface area (TPSA) is 51.8 Å². The smallest absolute Gasteiger partial charge is 0.135 e. The van der Waals surface area contributed by atoms with E-state index < -0.39 is 0 Å². The number of halogens is 2. The van der Waals surface area contributed by atoms with Gasteiger partial charge in [-0.1, -0.05) is 17.7 Å². The summed E-state index contributed by atoms with van der Waals surface area (Å²) in [6, 6.07) is 5.84. The molecule has 1 aromatic carbocycles. The Morgan fingerprint density at radius 3 is 2.81 bits per heavy atom. The maximum Gasteiger partial charge on any atom is 0.135 e. The molecule has 3 nitrogen and oxygen atoms in total. The Kier molecular flexibility index (Phi) is 3.01. The largest absolute Gasteiger partial charge is 0.384 e. The third-order valence-electron chi connectivity index (χ3n) is 2.09. The van der Waals surface area contributed by atoms with Crippen molar-refractivity contribution in [3.05, 3.63) is 52.7 Å². The molecule has 0 radical (unpaired) electrons. The van der Waals surface area contributed by atoms with Crippen LogP contribution < -0.4 is 5.73 Å². The highest BCUT2D eigenvalue weighted by atomic mass is 35.5. The minimum absolute atomic E-state index is 0.359. The van der Waals surface area contributed by atoms with Crippen LogP contribution >= 0.6 is 11.6 Å². The fraction of sp³-hybridized carbons (Fsp3) is 0.0909. The molecule has 0 bridgehead atoms. The van der Waals surface area contributed by atoms with Crippen molar-refractivity contribution in [3.8, 4) is 0 Å². The summed E-state index contributed by atoms with van der Waals surface area (Å²) >= 11 is 5.89. The second-order valence-corrected chi connectivity index (χ2v) is 3.72. The predicted molar refractivity (Wildman–Crippen MR) is 60.7 cm³/mol. The lowest BCUT2D eigenvalue weighted by molar-refractivity contribution is 0.627. The second kappa shape index (κ2) is 4.45. The van der Waals surface area contributed by atoms with E-state index in [0.29, 0.717) is 23.1 Å². The van der Waals surface area contributed by atoms with Crippen LogP contribution in [0.1, 0.15) is 11.4 Å². The molecule has 2 N–H and O–H groups in total. The first-order chi connectivity index (χ1) is 7.65. The number of anilines is 1. The Labute approximate surface area is 97.1 Å². The van der Waals surface area contributed by atoms with E-state index in [1.165, 1.54) is 12.1 Å². The van der Waals surface area contributed by atoms with Gasteiger partial charge in [-0.05, 0) is 23.8 Å². The molecular formula is C11H9ClFN3. The summed E-state index contributed by atoms with van der Waals surface area (Å²) in [5, 5.41) is 0.367. The number of rotatable bonds is 2. The van der Waals surface area contributed by atoms with E-state index in [-0.39, 0.29) is 5.82 Å². The molecule has 5 heteroatoms. The lowest BCUT2D eigenvalue weighted by Crippen LogP contribution is -2.00. The van der Waals surface area contributed by atoms with Crippen LogP contribution in [0.5, 0.6) is 0 Å². The van der Waals surface area contributed by atoms with E-state index in [1.54, 1.807) is 18.3 Å². The zero-order valence-corrected chi connectivity index (χ0v) is 9.08. The Bertz CT molecular complexity index is 516. The summed E-state index contributed by atoms with van der Waals surface area (Å²) in [6.07, 6.45) is 2.01. The molecule has 2 aromatic rings. The quantitative estimate of drug-likeness (QED) is 0.873. The molecule has 0 aliphatic rings. The normalized spacial score (nSPS) is 10.4. The van der Waals surface area contributed by atoms with Crippen molar-refractivity contribution in [2.45, 2.75) is 6.42 Å². The molecule has 0 aliphatic carbocycles. The van der Waals surface area contributed by atoms with Crippen molar-refractivity contribution in [2.24, 2.45) is 0 Å². The van der Waals surface area contributed by atoms with Gasteiger partial charge >= 0.3 is 0 Å². The average Bonchev–Trinajstić information content (AvgIpc) is 2.22. The lowest BCUT2D eigenvalue weighted by Gasteiger charge is -2.03. The van der Waals surface area contributed by atoms with Gasteiger partial charge in [-0.2, -0.15) is 0 Å². The molecule has 1 heterocycles. The van der Waals surface area contributed by atoms with Gasteiger partial charge in [-0.25, -0.2) is 14.4 Å². The molecule has 0 fully saturated rings. The van der Waals surface area contributed by atoms with Crippen molar-refractivity contribution >= 4 is 17.4 Å². The SMILES string of the molecule is Nc1ccnc(Cc2ccc(F)cc2Cl)n1. The summed E-state index contributed by atoms with van der Waals surface area (Å²) in [6.45, 7) is 0. The van der Waals surface area contributed by atoms with Gasteiger partial charge in [0.25, 0.3) is 0 Å². The first-order valence-corrected chi connectivity index (χ1v) is 5.04. The molecule has 2 rings (SSSR count). The minimum Gasteiger partial charge on any atom is -0.384 e. The van der Waals surface area contributed by atoms with Crippen LogP contribution in [-0.4, -0.2) is 9.97 Å². The van der Waals surface area contributed by atoms with Gasteiger partial charge in [0, 0.05) is 17.6 Å². The standard InChI is InChI=1S/C11H9ClFN3/c12-9-6-8(13)2-1-7(9)5-11-15-4-3-10(14)16-11/h1-4,6H,5H2,(H2,14,15,16). The Balaban J connectivity index is 2.27. The monoisotopic (exact) mass is 237 g/mol. The number of nitrogens with zero attached hydrogens (tertiary/aromatic N) is 2. The highest BCUT2D eigenvalue weighted by Gasteiger charge is 2.05. The Morgan fingerprint density at radius 2 is 2.12 bits per heavy atom. The van der Waals surface area contributed by atoms with Gasteiger partial charge in [0.2, 0.25) is 0 Å². The van der Waals surface area contributed by atoms with Gasteiger partial charge in [-0.15, -0.1) is 0 Å². The van der Waals surface area contributed by atoms with Crippen LogP contribution in [0.25, 0.3) is 0 Å². The molecule has 0 unspecified atom stereocenters. The van der Waals surface area contributed by atoms with Crippen LogP contribution in [0, 0.1) is 5.82 Å². The van der Waals surface area contributed by atoms with Gasteiger partial charge in [0.15, 0.2) is 0 Å². The number of hydrogen-bond acceptors (Lipinski definition) is 3. The zero-order valence-electron chi connectivity index (χ0n) is 8.32. The third-order valence-corrected chi connectivity index (χ3v) is 2.44. The second-order valence-electron chi connectivity index (χ2n) is 3.31. The lowest BCUT2D eigenvalue weighted by atomic mass is 10.1. The van der Waals surface area contributed by atoms with Crippen molar-refractivity contribution < 1.29 is 4.39 Å². The van der Waals surface area contributed by atoms with Gasteiger partial charge < -0.3 is 5.73 Å².